The molecule has 0 fully saturated rings. The van der Waals surface area contributed by atoms with E-state index in [9.17, 15) is 0 Å². The van der Waals surface area contributed by atoms with Crippen molar-refractivity contribution < 1.29 is 23.7 Å². The van der Waals surface area contributed by atoms with Crippen LogP contribution in [-0.4, -0.2) is 46.6 Å². The molecule has 0 amide bonds. The Morgan fingerprint density at radius 1 is 1.07 bits per heavy atom. The summed E-state index contributed by atoms with van der Waals surface area (Å²) < 4.78 is 27.9. The number of benzene rings is 2. The van der Waals surface area contributed by atoms with E-state index in [4.69, 9.17) is 23.7 Å². The number of hydrogen-bond acceptors (Lipinski definition) is 7. The van der Waals surface area contributed by atoms with Crippen LogP contribution in [0.15, 0.2) is 24.3 Å². The van der Waals surface area contributed by atoms with Crippen molar-refractivity contribution in [3.8, 4) is 28.7 Å². The smallest absolute Gasteiger partial charge is 0.231 e. The van der Waals surface area contributed by atoms with Gasteiger partial charge in [-0.3, -0.25) is 4.90 Å². The van der Waals surface area contributed by atoms with E-state index in [1.54, 1.807) is 21.3 Å². The van der Waals surface area contributed by atoms with Gasteiger partial charge >= 0.3 is 0 Å². The number of anilines is 1. The molecule has 1 atom stereocenters. The van der Waals surface area contributed by atoms with Gasteiger partial charge in [0, 0.05) is 18.2 Å². The summed E-state index contributed by atoms with van der Waals surface area (Å²) >= 11 is 0. The second-order valence-corrected chi connectivity index (χ2v) is 6.56. The number of likely N-dealkylation sites (N-methyl/N-ethyl adjacent to an activating group) is 1. The zero-order chi connectivity index (χ0) is 19.0. The lowest BCUT2D eigenvalue weighted by Gasteiger charge is -2.37. The van der Waals surface area contributed by atoms with Gasteiger partial charge in [-0.15, -0.1) is 0 Å². The van der Waals surface area contributed by atoms with Gasteiger partial charge in [0.25, 0.3) is 0 Å². The zero-order valence-corrected chi connectivity index (χ0v) is 16.0. The first kappa shape index (κ1) is 17.6. The van der Waals surface area contributed by atoms with Gasteiger partial charge in [0.1, 0.15) is 17.7 Å². The Bertz CT molecular complexity index is 855. The van der Waals surface area contributed by atoms with Crippen molar-refractivity contribution in [3.05, 3.63) is 35.4 Å². The molecule has 7 nitrogen and oxygen atoms in total. The average molecular weight is 372 g/mol. The standard InChI is InChI=1S/C20H24N2O5/c1-22-8-7-12-9-16-18(27-11-26-16)19(25-4)17(12)20(22)21-14-10-13(23-2)5-6-15(14)24-3/h5-6,9-10,20-21H,7-8,11H2,1-4H3. The van der Waals surface area contributed by atoms with Crippen LogP contribution < -0.4 is 29.0 Å². The number of hydrogen-bond donors (Lipinski definition) is 1. The molecule has 2 aromatic carbocycles. The predicted octanol–water partition coefficient (Wildman–Crippen LogP) is 3.04. The van der Waals surface area contributed by atoms with E-state index in [0.717, 1.165) is 41.5 Å². The fraction of sp³-hybridized carbons (Fsp3) is 0.400. The second-order valence-electron chi connectivity index (χ2n) is 6.56. The highest BCUT2D eigenvalue weighted by molar-refractivity contribution is 5.65. The van der Waals surface area contributed by atoms with Crippen LogP contribution in [0.4, 0.5) is 5.69 Å². The van der Waals surface area contributed by atoms with Crippen LogP contribution >= 0.6 is 0 Å². The van der Waals surface area contributed by atoms with E-state index in [0.29, 0.717) is 11.5 Å². The van der Waals surface area contributed by atoms with Crippen molar-refractivity contribution in [1.29, 1.82) is 0 Å². The van der Waals surface area contributed by atoms with Crippen LogP contribution in [0, 0.1) is 0 Å². The highest BCUT2D eigenvalue weighted by atomic mass is 16.7. The number of methoxy groups -OCH3 is 3. The van der Waals surface area contributed by atoms with Crippen molar-refractivity contribution in [2.75, 3.05) is 47.0 Å². The largest absolute Gasteiger partial charge is 0.497 e. The van der Waals surface area contributed by atoms with Crippen molar-refractivity contribution in [3.63, 3.8) is 0 Å². The van der Waals surface area contributed by atoms with Gasteiger partial charge in [-0.2, -0.15) is 0 Å². The Hall–Kier alpha value is -2.80. The average Bonchev–Trinajstić information content (AvgIpc) is 3.16. The van der Waals surface area contributed by atoms with Crippen LogP contribution in [-0.2, 0) is 6.42 Å². The SMILES string of the molecule is COc1ccc(OC)c(NC2c3c(cc4c(c3OC)OCO4)CCN2C)c1. The van der Waals surface area contributed by atoms with E-state index < -0.39 is 0 Å². The summed E-state index contributed by atoms with van der Waals surface area (Å²) in [6, 6.07) is 7.76. The number of fused-ring (bicyclic) bond motifs is 2. The third-order valence-electron chi connectivity index (χ3n) is 5.09. The topological polar surface area (TPSA) is 61.4 Å². The molecule has 2 aromatic rings. The van der Waals surface area contributed by atoms with E-state index >= 15 is 0 Å². The number of rotatable bonds is 5. The predicted molar refractivity (Wildman–Crippen MR) is 101 cm³/mol. The van der Waals surface area contributed by atoms with Crippen LogP contribution in [0.5, 0.6) is 28.7 Å². The summed E-state index contributed by atoms with van der Waals surface area (Å²) in [5.41, 5.74) is 3.09. The van der Waals surface area contributed by atoms with E-state index in [1.807, 2.05) is 18.2 Å². The van der Waals surface area contributed by atoms with Crippen LogP contribution in [0.3, 0.4) is 0 Å². The molecule has 0 bridgehead atoms. The molecule has 2 heterocycles. The third-order valence-corrected chi connectivity index (χ3v) is 5.09. The third kappa shape index (κ3) is 2.98. The molecule has 0 aliphatic carbocycles. The summed E-state index contributed by atoms with van der Waals surface area (Å²) in [6.07, 6.45) is 0.797. The Balaban J connectivity index is 1.79. The first-order valence-corrected chi connectivity index (χ1v) is 8.84. The molecule has 7 heteroatoms. The van der Waals surface area contributed by atoms with Crippen LogP contribution in [0.25, 0.3) is 0 Å². The lowest BCUT2D eigenvalue weighted by Crippen LogP contribution is -2.37. The maximum absolute atomic E-state index is 5.75. The Morgan fingerprint density at radius 2 is 1.93 bits per heavy atom. The molecule has 144 valence electrons. The monoisotopic (exact) mass is 372 g/mol. The van der Waals surface area contributed by atoms with E-state index in [1.165, 1.54) is 5.56 Å². The molecule has 2 aliphatic rings. The van der Waals surface area contributed by atoms with Crippen LogP contribution in [0.2, 0.25) is 0 Å². The lowest BCUT2D eigenvalue weighted by molar-refractivity contribution is 0.170. The molecular formula is C20H24N2O5. The minimum atomic E-state index is -0.112. The number of nitrogens with zero attached hydrogens (tertiary/aromatic N) is 1. The fourth-order valence-electron chi connectivity index (χ4n) is 3.69. The molecule has 27 heavy (non-hydrogen) atoms. The number of ether oxygens (including phenoxy) is 5. The highest BCUT2D eigenvalue weighted by Crippen LogP contribution is 2.49. The summed E-state index contributed by atoms with van der Waals surface area (Å²) in [4.78, 5) is 2.24. The van der Waals surface area contributed by atoms with E-state index in [-0.39, 0.29) is 13.0 Å². The molecule has 4 rings (SSSR count). The molecule has 0 saturated carbocycles. The van der Waals surface area contributed by atoms with Crippen LogP contribution in [0.1, 0.15) is 17.3 Å². The highest BCUT2D eigenvalue weighted by Gasteiger charge is 2.34. The minimum Gasteiger partial charge on any atom is -0.497 e. The van der Waals surface area contributed by atoms with E-state index in [2.05, 4.69) is 23.3 Å². The molecule has 0 aromatic heterocycles. The minimum absolute atomic E-state index is 0.112. The first-order chi connectivity index (χ1) is 13.2. The Kier molecular flexibility index (Phi) is 4.61. The van der Waals surface area contributed by atoms with Gasteiger partial charge in [0.15, 0.2) is 11.5 Å². The lowest BCUT2D eigenvalue weighted by atomic mass is 9.94. The summed E-state index contributed by atoms with van der Waals surface area (Å²) in [5.74, 6) is 3.63. The second kappa shape index (κ2) is 7.08. The molecule has 2 aliphatic heterocycles. The van der Waals surface area contributed by atoms with Gasteiger partial charge in [-0.1, -0.05) is 0 Å². The molecular weight excluding hydrogens is 348 g/mol. The fourth-order valence-corrected chi connectivity index (χ4v) is 3.69. The van der Waals surface area contributed by atoms with Crippen molar-refractivity contribution >= 4 is 5.69 Å². The van der Waals surface area contributed by atoms with Gasteiger partial charge < -0.3 is 29.0 Å². The van der Waals surface area contributed by atoms with Crippen molar-refractivity contribution in [1.82, 2.24) is 4.90 Å². The normalized spacial score (nSPS) is 18.0. The summed E-state index contributed by atoms with van der Waals surface area (Å²) in [6.45, 7) is 1.12. The van der Waals surface area contributed by atoms with Crippen molar-refractivity contribution in [2.45, 2.75) is 12.6 Å². The molecule has 1 unspecified atom stereocenters. The number of nitrogens with one attached hydrogen (secondary N) is 1. The van der Waals surface area contributed by atoms with Gasteiger partial charge in [-0.05, 0) is 37.2 Å². The quantitative estimate of drug-likeness (QED) is 0.866. The summed E-state index contributed by atoms with van der Waals surface area (Å²) in [5, 5.41) is 3.59. The van der Waals surface area contributed by atoms with Gasteiger partial charge in [0.05, 0.1) is 27.0 Å². The Morgan fingerprint density at radius 3 is 2.67 bits per heavy atom. The van der Waals surface area contributed by atoms with Crippen molar-refractivity contribution in [2.24, 2.45) is 0 Å². The Labute approximate surface area is 158 Å². The zero-order valence-electron chi connectivity index (χ0n) is 16.0. The summed E-state index contributed by atoms with van der Waals surface area (Å²) in [7, 11) is 7.05. The molecule has 0 spiro atoms. The first-order valence-electron chi connectivity index (χ1n) is 8.84. The molecule has 0 saturated heterocycles. The maximum atomic E-state index is 5.75. The maximum Gasteiger partial charge on any atom is 0.231 e. The molecule has 1 N–H and O–H groups in total. The molecule has 0 radical (unpaired) electrons. The van der Waals surface area contributed by atoms with Gasteiger partial charge in [-0.25, -0.2) is 0 Å². The van der Waals surface area contributed by atoms with Gasteiger partial charge in [0.2, 0.25) is 12.5 Å².